The molecule has 0 aliphatic carbocycles. The molecular weight excluding hydrogens is 432 g/mol. The van der Waals surface area contributed by atoms with E-state index in [1.54, 1.807) is 24.3 Å². The predicted octanol–water partition coefficient (Wildman–Crippen LogP) is 1.51. The molecule has 30 heavy (non-hydrogen) atoms. The highest BCUT2D eigenvalue weighted by atomic mass is 35.5. The van der Waals surface area contributed by atoms with E-state index in [0.29, 0.717) is 29.0 Å². The highest BCUT2D eigenvalue weighted by Gasteiger charge is 2.15. The second-order valence-electron chi connectivity index (χ2n) is 6.02. The van der Waals surface area contributed by atoms with Crippen LogP contribution in [0.3, 0.4) is 0 Å². The molecule has 0 radical (unpaired) electrons. The summed E-state index contributed by atoms with van der Waals surface area (Å²) in [5.74, 6) is 0.455. The van der Waals surface area contributed by atoms with Gasteiger partial charge in [-0.3, -0.25) is 10.2 Å². The van der Waals surface area contributed by atoms with Crippen molar-refractivity contribution in [2.24, 2.45) is 5.73 Å². The first-order valence-corrected chi connectivity index (χ1v) is 10.2. The zero-order chi connectivity index (χ0) is 21.4. The highest BCUT2D eigenvalue weighted by Crippen LogP contribution is 2.27. The van der Waals surface area contributed by atoms with Crippen molar-refractivity contribution in [2.75, 3.05) is 27.3 Å². The lowest BCUT2D eigenvalue weighted by Gasteiger charge is -2.10. The Kier molecular flexibility index (Phi) is 9.57. The van der Waals surface area contributed by atoms with Gasteiger partial charge in [-0.15, -0.1) is 12.4 Å². The van der Waals surface area contributed by atoms with Crippen LogP contribution in [-0.2, 0) is 10.0 Å². The largest absolute Gasteiger partial charge is 0.493 e. The van der Waals surface area contributed by atoms with E-state index in [9.17, 15) is 13.2 Å². The number of hydrogen-bond donors (Lipinski definition) is 4. The van der Waals surface area contributed by atoms with Crippen LogP contribution in [-0.4, -0.2) is 47.5 Å². The maximum absolute atomic E-state index is 12.3. The Hall–Kier alpha value is -2.82. The Labute approximate surface area is 181 Å². The summed E-state index contributed by atoms with van der Waals surface area (Å²) in [6.07, 6.45) is 0.394. The summed E-state index contributed by atoms with van der Waals surface area (Å²) in [5.41, 5.74) is 6.12. The summed E-state index contributed by atoms with van der Waals surface area (Å²) in [7, 11) is -0.738. The summed E-state index contributed by atoms with van der Waals surface area (Å²) in [6, 6.07) is 10.7. The Morgan fingerprint density at radius 2 is 1.73 bits per heavy atom. The standard InChI is InChI=1S/C19H24N4O5S.ClH/c1-27-16-8-7-14(12-17(16)28-2)19(24)22-9-4-10-23-29(25,26)15-6-3-5-13(11-15)18(20)21;/h3,5-8,11-12,23H,4,9-10H2,1-2H3,(H3,20,21)(H,22,24);1H. The molecule has 0 atom stereocenters. The predicted molar refractivity (Wildman–Crippen MR) is 116 cm³/mol. The number of nitrogen functional groups attached to an aromatic ring is 1. The number of amides is 1. The lowest BCUT2D eigenvalue weighted by molar-refractivity contribution is 0.0953. The molecular formula is C19H25ClN4O5S. The van der Waals surface area contributed by atoms with Gasteiger partial charge in [0.25, 0.3) is 5.91 Å². The number of amidine groups is 1. The number of ether oxygens (including phenoxy) is 2. The molecule has 2 aromatic rings. The molecule has 0 aliphatic heterocycles. The van der Waals surface area contributed by atoms with Gasteiger partial charge >= 0.3 is 0 Å². The average molecular weight is 457 g/mol. The summed E-state index contributed by atoms with van der Waals surface area (Å²) in [4.78, 5) is 12.2. The molecule has 5 N–H and O–H groups in total. The van der Waals surface area contributed by atoms with Crippen LogP contribution in [0.1, 0.15) is 22.3 Å². The lowest BCUT2D eigenvalue weighted by atomic mass is 10.2. The van der Waals surface area contributed by atoms with Crippen LogP contribution in [0.2, 0.25) is 0 Å². The Morgan fingerprint density at radius 1 is 1.03 bits per heavy atom. The number of hydrogen-bond acceptors (Lipinski definition) is 6. The van der Waals surface area contributed by atoms with E-state index in [4.69, 9.17) is 20.6 Å². The van der Waals surface area contributed by atoms with Gasteiger partial charge in [0.15, 0.2) is 11.5 Å². The van der Waals surface area contributed by atoms with Crippen molar-refractivity contribution in [1.82, 2.24) is 10.0 Å². The van der Waals surface area contributed by atoms with Gasteiger partial charge in [-0.1, -0.05) is 12.1 Å². The molecule has 9 nitrogen and oxygen atoms in total. The van der Waals surface area contributed by atoms with E-state index in [1.165, 1.54) is 32.4 Å². The van der Waals surface area contributed by atoms with Crippen molar-refractivity contribution in [3.8, 4) is 11.5 Å². The Balaban J connectivity index is 0.00000450. The fourth-order valence-electron chi connectivity index (χ4n) is 2.49. The molecule has 0 fully saturated rings. The third-order valence-electron chi connectivity index (χ3n) is 4.03. The first kappa shape index (κ1) is 25.2. The van der Waals surface area contributed by atoms with Gasteiger partial charge in [0.2, 0.25) is 10.0 Å². The van der Waals surface area contributed by atoms with Crippen LogP contribution in [0.4, 0.5) is 0 Å². The fraction of sp³-hybridized carbons (Fsp3) is 0.263. The van der Waals surface area contributed by atoms with E-state index in [-0.39, 0.29) is 42.1 Å². The lowest BCUT2D eigenvalue weighted by Crippen LogP contribution is -2.30. The number of carbonyl (C=O) groups is 1. The monoisotopic (exact) mass is 456 g/mol. The molecule has 11 heteroatoms. The van der Waals surface area contributed by atoms with Gasteiger partial charge in [-0.05, 0) is 36.8 Å². The minimum absolute atomic E-state index is 0. The van der Waals surface area contributed by atoms with Gasteiger partial charge in [0.1, 0.15) is 5.84 Å². The van der Waals surface area contributed by atoms with Crippen molar-refractivity contribution in [2.45, 2.75) is 11.3 Å². The zero-order valence-corrected chi connectivity index (χ0v) is 18.2. The van der Waals surface area contributed by atoms with Gasteiger partial charge in [0.05, 0.1) is 19.1 Å². The van der Waals surface area contributed by atoms with E-state index in [2.05, 4.69) is 10.0 Å². The van der Waals surface area contributed by atoms with Crippen molar-refractivity contribution >= 4 is 34.2 Å². The molecule has 0 saturated heterocycles. The van der Waals surface area contributed by atoms with Crippen molar-refractivity contribution in [3.63, 3.8) is 0 Å². The number of benzene rings is 2. The Morgan fingerprint density at radius 3 is 2.37 bits per heavy atom. The number of halogens is 1. The van der Waals surface area contributed by atoms with E-state index in [1.807, 2.05) is 0 Å². The molecule has 0 saturated carbocycles. The molecule has 1 amide bonds. The third kappa shape index (κ3) is 6.61. The molecule has 0 spiro atoms. The summed E-state index contributed by atoms with van der Waals surface area (Å²) >= 11 is 0. The summed E-state index contributed by atoms with van der Waals surface area (Å²) in [5, 5.41) is 10.1. The third-order valence-corrected chi connectivity index (χ3v) is 5.49. The second kappa shape index (κ2) is 11.4. The number of sulfonamides is 1. The van der Waals surface area contributed by atoms with Gasteiger partial charge < -0.3 is 20.5 Å². The van der Waals surface area contributed by atoms with Crippen LogP contribution in [0.25, 0.3) is 0 Å². The molecule has 2 rings (SSSR count). The van der Waals surface area contributed by atoms with Gasteiger partial charge in [-0.2, -0.15) is 0 Å². The van der Waals surface area contributed by atoms with E-state index in [0.717, 1.165) is 0 Å². The summed E-state index contributed by atoms with van der Waals surface area (Å²) in [6.45, 7) is 0.419. The molecule has 0 aromatic heterocycles. The topological polar surface area (TPSA) is 144 Å². The number of rotatable bonds is 10. The van der Waals surface area contributed by atoms with E-state index >= 15 is 0 Å². The normalized spacial score (nSPS) is 10.6. The maximum Gasteiger partial charge on any atom is 0.251 e. The van der Waals surface area contributed by atoms with Crippen LogP contribution in [0.5, 0.6) is 11.5 Å². The van der Waals surface area contributed by atoms with Crippen LogP contribution in [0.15, 0.2) is 47.4 Å². The van der Waals surface area contributed by atoms with Crippen LogP contribution >= 0.6 is 12.4 Å². The molecule has 0 unspecified atom stereocenters. The molecule has 164 valence electrons. The Bertz CT molecular complexity index is 998. The quantitative estimate of drug-likeness (QED) is 0.242. The number of methoxy groups -OCH3 is 2. The molecule has 0 heterocycles. The SMILES string of the molecule is COc1ccc(C(=O)NCCCNS(=O)(=O)c2cccc(C(=N)N)c2)cc1OC.Cl. The maximum atomic E-state index is 12.3. The molecule has 0 aliphatic rings. The van der Waals surface area contributed by atoms with Crippen molar-refractivity contribution in [1.29, 1.82) is 5.41 Å². The number of nitrogens with two attached hydrogens (primary N) is 1. The first-order chi connectivity index (χ1) is 13.8. The van der Waals surface area contributed by atoms with Crippen molar-refractivity contribution < 1.29 is 22.7 Å². The number of carbonyl (C=O) groups excluding carboxylic acids is 1. The zero-order valence-electron chi connectivity index (χ0n) is 16.6. The first-order valence-electron chi connectivity index (χ1n) is 8.73. The summed E-state index contributed by atoms with van der Waals surface area (Å²) < 4.78 is 37.4. The average Bonchev–Trinajstić information content (AvgIpc) is 2.72. The van der Waals surface area contributed by atoms with Crippen molar-refractivity contribution in [3.05, 3.63) is 53.6 Å². The number of nitrogens with one attached hydrogen (secondary N) is 3. The molecule has 2 aromatic carbocycles. The van der Waals surface area contributed by atoms with E-state index < -0.39 is 10.0 Å². The van der Waals surface area contributed by atoms with Crippen LogP contribution in [0, 0.1) is 5.41 Å². The highest BCUT2D eigenvalue weighted by molar-refractivity contribution is 7.89. The second-order valence-corrected chi connectivity index (χ2v) is 7.79. The van der Waals surface area contributed by atoms with Crippen LogP contribution < -0.4 is 25.2 Å². The minimum atomic E-state index is -3.73. The van der Waals surface area contributed by atoms with Gasteiger partial charge in [-0.25, -0.2) is 13.1 Å². The minimum Gasteiger partial charge on any atom is -0.493 e. The fourth-order valence-corrected chi connectivity index (χ4v) is 3.61. The molecule has 0 bridgehead atoms. The smallest absolute Gasteiger partial charge is 0.251 e. The van der Waals surface area contributed by atoms with Gasteiger partial charge in [0, 0.05) is 24.2 Å².